The third-order valence-electron chi connectivity index (χ3n) is 2.64. The number of hydrogen-bond acceptors (Lipinski definition) is 4. The molecule has 1 saturated heterocycles. The third kappa shape index (κ3) is 2.14. The Morgan fingerprint density at radius 3 is 3.19 bits per heavy atom. The van der Waals surface area contributed by atoms with Crippen molar-refractivity contribution in [1.29, 1.82) is 0 Å². The van der Waals surface area contributed by atoms with Gasteiger partial charge in [-0.05, 0) is 19.1 Å². The maximum absolute atomic E-state index is 12.0. The van der Waals surface area contributed by atoms with E-state index in [0.29, 0.717) is 13.1 Å². The number of aromatic nitrogens is 1. The van der Waals surface area contributed by atoms with Crippen LogP contribution in [0.2, 0.25) is 0 Å². The van der Waals surface area contributed by atoms with Gasteiger partial charge in [-0.25, -0.2) is 4.98 Å². The Morgan fingerprint density at radius 1 is 1.69 bits per heavy atom. The first kappa shape index (κ1) is 10.9. The average Bonchev–Trinajstić information content (AvgIpc) is 2.29. The van der Waals surface area contributed by atoms with Gasteiger partial charge < -0.3 is 15.3 Å². The van der Waals surface area contributed by atoms with Gasteiger partial charge in [0.25, 0.3) is 5.91 Å². The molecule has 1 aromatic heterocycles. The molecular weight excluding hydrogens is 206 g/mol. The highest BCUT2D eigenvalue weighted by Gasteiger charge is 2.24. The summed E-state index contributed by atoms with van der Waals surface area (Å²) in [4.78, 5) is 17.7. The molecule has 2 N–H and O–H groups in total. The summed E-state index contributed by atoms with van der Waals surface area (Å²) in [5, 5.41) is 12.8. The zero-order valence-corrected chi connectivity index (χ0v) is 9.18. The van der Waals surface area contributed by atoms with E-state index >= 15 is 0 Å². The smallest absolute Gasteiger partial charge is 0.276 e. The van der Waals surface area contributed by atoms with Crippen molar-refractivity contribution in [1.82, 2.24) is 15.2 Å². The van der Waals surface area contributed by atoms with Crippen molar-refractivity contribution in [2.45, 2.75) is 13.0 Å². The van der Waals surface area contributed by atoms with Crippen LogP contribution in [-0.2, 0) is 0 Å². The second-order valence-electron chi connectivity index (χ2n) is 3.98. The summed E-state index contributed by atoms with van der Waals surface area (Å²) in [5.41, 5.74) is 0.136. The molecule has 0 spiro atoms. The molecule has 0 radical (unpaired) electrons. The topological polar surface area (TPSA) is 65.5 Å². The van der Waals surface area contributed by atoms with E-state index in [1.807, 2.05) is 6.92 Å². The number of rotatable bonds is 1. The van der Waals surface area contributed by atoms with Crippen molar-refractivity contribution in [3.63, 3.8) is 0 Å². The molecule has 1 aromatic rings. The highest BCUT2D eigenvalue weighted by Crippen LogP contribution is 2.15. The fourth-order valence-corrected chi connectivity index (χ4v) is 1.83. The average molecular weight is 221 g/mol. The van der Waals surface area contributed by atoms with Crippen LogP contribution in [0.25, 0.3) is 0 Å². The van der Waals surface area contributed by atoms with Gasteiger partial charge in [-0.2, -0.15) is 0 Å². The summed E-state index contributed by atoms with van der Waals surface area (Å²) in [6.45, 7) is 4.10. The van der Waals surface area contributed by atoms with Crippen molar-refractivity contribution in [2.75, 3.05) is 19.6 Å². The number of carbonyl (C=O) groups excluding carboxylic acids is 1. The van der Waals surface area contributed by atoms with Crippen LogP contribution in [0, 0.1) is 0 Å². The molecule has 1 fully saturated rings. The Bertz CT molecular complexity index is 395. The Kier molecular flexibility index (Phi) is 3.05. The highest BCUT2D eigenvalue weighted by atomic mass is 16.3. The van der Waals surface area contributed by atoms with Crippen molar-refractivity contribution in [3.8, 4) is 5.75 Å². The zero-order chi connectivity index (χ0) is 11.5. The van der Waals surface area contributed by atoms with E-state index in [2.05, 4.69) is 10.3 Å². The largest absolute Gasteiger partial charge is 0.505 e. The number of piperazine rings is 1. The van der Waals surface area contributed by atoms with Crippen LogP contribution in [0.3, 0.4) is 0 Å². The summed E-state index contributed by atoms with van der Waals surface area (Å²) < 4.78 is 0. The van der Waals surface area contributed by atoms with E-state index in [-0.39, 0.29) is 23.4 Å². The van der Waals surface area contributed by atoms with Gasteiger partial charge in [0.15, 0.2) is 5.69 Å². The predicted octanol–water partition coefficient (Wildman–Crippen LogP) is 0.221. The van der Waals surface area contributed by atoms with Gasteiger partial charge in [0.05, 0.1) is 0 Å². The Balaban J connectivity index is 2.16. The fourth-order valence-electron chi connectivity index (χ4n) is 1.83. The third-order valence-corrected chi connectivity index (χ3v) is 2.64. The molecule has 5 heteroatoms. The first-order chi connectivity index (χ1) is 7.68. The van der Waals surface area contributed by atoms with Crippen LogP contribution in [0.1, 0.15) is 17.4 Å². The first-order valence-corrected chi connectivity index (χ1v) is 5.35. The molecule has 1 unspecified atom stereocenters. The van der Waals surface area contributed by atoms with Gasteiger partial charge in [-0.3, -0.25) is 4.79 Å². The van der Waals surface area contributed by atoms with Gasteiger partial charge in [-0.15, -0.1) is 0 Å². The molecule has 86 valence electrons. The zero-order valence-electron chi connectivity index (χ0n) is 9.18. The van der Waals surface area contributed by atoms with E-state index < -0.39 is 0 Å². The second kappa shape index (κ2) is 4.49. The molecule has 0 aromatic carbocycles. The Morgan fingerprint density at radius 2 is 2.50 bits per heavy atom. The molecule has 2 rings (SSSR count). The lowest BCUT2D eigenvalue weighted by molar-refractivity contribution is 0.0700. The number of amides is 1. The van der Waals surface area contributed by atoms with Crippen molar-refractivity contribution in [2.24, 2.45) is 0 Å². The molecule has 1 amide bonds. The molecule has 1 aliphatic heterocycles. The summed E-state index contributed by atoms with van der Waals surface area (Å²) in [5.74, 6) is -0.259. The number of carbonyl (C=O) groups is 1. The minimum Gasteiger partial charge on any atom is -0.505 e. The monoisotopic (exact) mass is 221 g/mol. The standard InChI is InChI=1S/C11H15N3O2/c1-8-7-14(6-5-12-8)11(16)10-9(15)3-2-4-13-10/h2-4,8,12,15H,5-7H2,1H3. The SMILES string of the molecule is CC1CN(C(=O)c2ncccc2O)CCN1. The first-order valence-electron chi connectivity index (χ1n) is 5.35. The summed E-state index contributed by atoms with van der Waals surface area (Å²) in [6.07, 6.45) is 1.51. The van der Waals surface area contributed by atoms with Gasteiger partial charge in [0, 0.05) is 31.9 Å². The van der Waals surface area contributed by atoms with Crippen LogP contribution in [0.4, 0.5) is 0 Å². The molecule has 0 bridgehead atoms. The predicted molar refractivity (Wildman–Crippen MR) is 59.3 cm³/mol. The number of aromatic hydroxyl groups is 1. The second-order valence-corrected chi connectivity index (χ2v) is 3.98. The normalized spacial score (nSPS) is 20.8. The molecule has 1 atom stereocenters. The molecule has 5 nitrogen and oxygen atoms in total. The van der Waals surface area contributed by atoms with Gasteiger partial charge >= 0.3 is 0 Å². The number of hydrogen-bond donors (Lipinski definition) is 2. The van der Waals surface area contributed by atoms with E-state index in [1.54, 1.807) is 11.0 Å². The summed E-state index contributed by atoms with van der Waals surface area (Å²) in [6, 6.07) is 3.36. The van der Waals surface area contributed by atoms with Crippen LogP contribution in [-0.4, -0.2) is 46.6 Å². The highest BCUT2D eigenvalue weighted by molar-refractivity contribution is 5.94. The summed E-state index contributed by atoms with van der Waals surface area (Å²) in [7, 11) is 0. The molecule has 0 aliphatic carbocycles. The lowest BCUT2D eigenvalue weighted by atomic mass is 10.2. The van der Waals surface area contributed by atoms with E-state index in [0.717, 1.165) is 6.54 Å². The lowest BCUT2D eigenvalue weighted by Gasteiger charge is -2.31. The molecule has 0 saturated carbocycles. The van der Waals surface area contributed by atoms with Gasteiger partial charge in [0.2, 0.25) is 0 Å². The van der Waals surface area contributed by atoms with Gasteiger partial charge in [0.1, 0.15) is 5.75 Å². The number of nitrogens with zero attached hydrogens (tertiary/aromatic N) is 2. The minimum absolute atomic E-state index is 0.0568. The molecule has 2 heterocycles. The molecule has 1 aliphatic rings. The summed E-state index contributed by atoms with van der Waals surface area (Å²) >= 11 is 0. The van der Waals surface area contributed by atoms with Crippen LogP contribution in [0.5, 0.6) is 5.75 Å². The van der Waals surface area contributed by atoms with E-state index in [1.165, 1.54) is 12.3 Å². The van der Waals surface area contributed by atoms with E-state index in [4.69, 9.17) is 0 Å². The Hall–Kier alpha value is -1.62. The van der Waals surface area contributed by atoms with Crippen molar-refractivity contribution in [3.05, 3.63) is 24.0 Å². The maximum Gasteiger partial charge on any atom is 0.276 e. The maximum atomic E-state index is 12.0. The Labute approximate surface area is 94.1 Å². The van der Waals surface area contributed by atoms with Crippen LogP contribution >= 0.6 is 0 Å². The molecular formula is C11H15N3O2. The van der Waals surface area contributed by atoms with E-state index in [9.17, 15) is 9.90 Å². The minimum atomic E-state index is -0.202. The van der Waals surface area contributed by atoms with Crippen molar-refractivity contribution >= 4 is 5.91 Å². The van der Waals surface area contributed by atoms with Gasteiger partial charge in [-0.1, -0.05) is 0 Å². The lowest BCUT2D eigenvalue weighted by Crippen LogP contribution is -2.51. The molecule has 16 heavy (non-hydrogen) atoms. The fraction of sp³-hybridized carbons (Fsp3) is 0.455. The number of pyridine rings is 1. The quantitative estimate of drug-likeness (QED) is 0.712. The van der Waals surface area contributed by atoms with Crippen LogP contribution < -0.4 is 5.32 Å². The van der Waals surface area contributed by atoms with Crippen molar-refractivity contribution < 1.29 is 9.90 Å². The van der Waals surface area contributed by atoms with Crippen LogP contribution in [0.15, 0.2) is 18.3 Å². The number of nitrogens with one attached hydrogen (secondary N) is 1.